The van der Waals surface area contributed by atoms with Crippen LogP contribution in [0.15, 0.2) is 55.1 Å². The highest BCUT2D eigenvalue weighted by atomic mass is 32.2. The zero-order valence-corrected chi connectivity index (χ0v) is 19.0. The quantitative estimate of drug-likeness (QED) is 0.454. The maximum absolute atomic E-state index is 13.2. The normalized spacial score (nSPS) is 19.3. The maximum atomic E-state index is 13.2. The smallest absolute Gasteiger partial charge is 0.333 e. The lowest BCUT2D eigenvalue weighted by Gasteiger charge is -2.16. The Morgan fingerprint density at radius 1 is 1.27 bits per heavy atom. The fourth-order valence-electron chi connectivity index (χ4n) is 4.05. The summed E-state index contributed by atoms with van der Waals surface area (Å²) >= 11 is 0. The molecule has 2 heterocycles. The molecule has 1 fully saturated rings. The number of anilines is 1. The van der Waals surface area contributed by atoms with Crippen LogP contribution in [0.1, 0.15) is 53.8 Å². The number of hydrogen-bond acceptors (Lipinski definition) is 8. The minimum absolute atomic E-state index is 0.0210. The van der Waals surface area contributed by atoms with Gasteiger partial charge < -0.3 is 5.32 Å². The third-order valence-electron chi connectivity index (χ3n) is 5.83. The Kier molecular flexibility index (Phi) is 6.82. The van der Waals surface area contributed by atoms with Crippen molar-refractivity contribution in [2.75, 3.05) is 11.9 Å². The predicted octanol–water partition coefficient (Wildman–Crippen LogP) is 2.31. The number of carbonyl (C=O) groups excluding carboxylic acids is 1. The molecule has 0 bridgehead atoms. The summed E-state index contributed by atoms with van der Waals surface area (Å²) in [4.78, 5) is 21.5. The Hall–Kier alpha value is -3.15. The topological polar surface area (TPSA) is 142 Å². The van der Waals surface area contributed by atoms with Crippen LogP contribution in [0.25, 0.3) is 0 Å². The van der Waals surface area contributed by atoms with Gasteiger partial charge in [-0.3, -0.25) is 13.7 Å². The lowest BCUT2D eigenvalue weighted by atomic mass is 10.1. The Morgan fingerprint density at radius 2 is 2.06 bits per heavy atom. The van der Waals surface area contributed by atoms with Crippen molar-refractivity contribution in [3.63, 3.8) is 0 Å². The van der Waals surface area contributed by atoms with Gasteiger partial charge in [0.1, 0.15) is 17.8 Å². The van der Waals surface area contributed by atoms with Crippen LogP contribution >= 0.6 is 0 Å². The van der Waals surface area contributed by atoms with Gasteiger partial charge in [0.05, 0.1) is 18.2 Å². The van der Waals surface area contributed by atoms with Gasteiger partial charge in [-0.25, -0.2) is 15.1 Å². The highest BCUT2D eigenvalue weighted by Crippen LogP contribution is 2.29. The van der Waals surface area contributed by atoms with Gasteiger partial charge in [-0.2, -0.15) is 13.5 Å². The molecule has 1 saturated carbocycles. The first-order chi connectivity index (χ1) is 15.8. The predicted molar refractivity (Wildman–Crippen MR) is 122 cm³/mol. The average Bonchev–Trinajstić information content (AvgIpc) is 3.47. The Morgan fingerprint density at radius 3 is 2.82 bits per heavy atom. The summed E-state index contributed by atoms with van der Waals surface area (Å²) in [5.41, 5.74) is 1.73. The van der Waals surface area contributed by atoms with Gasteiger partial charge in [0.25, 0.3) is 0 Å². The third-order valence-corrected chi connectivity index (χ3v) is 6.29. The average molecular weight is 471 g/mol. The first-order valence-corrected chi connectivity index (χ1v) is 12.2. The molecule has 0 saturated heterocycles. The number of rotatable bonds is 9. The van der Waals surface area contributed by atoms with Crippen LogP contribution in [-0.4, -0.2) is 46.6 Å². The van der Waals surface area contributed by atoms with Crippen LogP contribution in [0, 0.1) is 5.92 Å². The van der Waals surface area contributed by atoms with Crippen LogP contribution in [-0.2, 0) is 14.5 Å². The van der Waals surface area contributed by atoms with E-state index in [0.29, 0.717) is 23.5 Å². The molecule has 1 aliphatic carbocycles. The number of carbonyl (C=O) groups is 1. The monoisotopic (exact) mass is 470 g/mol. The van der Waals surface area contributed by atoms with Crippen molar-refractivity contribution in [1.82, 2.24) is 19.7 Å². The SMILES string of the molecule is CC(c1ccccc1)n1ccc(C(=O)c2cncnc2NC2CCC(COS(N)(=O)=O)C2)n1. The van der Waals surface area contributed by atoms with E-state index in [1.807, 2.05) is 37.3 Å². The summed E-state index contributed by atoms with van der Waals surface area (Å²) in [5, 5.41) is 12.7. The van der Waals surface area contributed by atoms with Gasteiger partial charge in [0, 0.05) is 18.4 Å². The molecule has 2 aromatic heterocycles. The molecule has 3 aromatic rings. The van der Waals surface area contributed by atoms with Gasteiger partial charge in [0.15, 0.2) is 0 Å². The van der Waals surface area contributed by atoms with Gasteiger partial charge in [-0.15, -0.1) is 0 Å². The van der Waals surface area contributed by atoms with Crippen molar-refractivity contribution in [2.45, 2.75) is 38.3 Å². The number of aromatic nitrogens is 4. The molecule has 10 nitrogen and oxygen atoms in total. The van der Waals surface area contributed by atoms with Gasteiger partial charge in [-0.1, -0.05) is 30.3 Å². The van der Waals surface area contributed by atoms with Gasteiger partial charge in [-0.05, 0) is 43.7 Å². The molecule has 4 rings (SSSR count). The highest BCUT2D eigenvalue weighted by molar-refractivity contribution is 7.84. The van der Waals surface area contributed by atoms with Gasteiger partial charge in [0.2, 0.25) is 5.78 Å². The molecular formula is C22H26N6O4S. The van der Waals surface area contributed by atoms with E-state index in [1.165, 1.54) is 12.5 Å². The highest BCUT2D eigenvalue weighted by Gasteiger charge is 2.28. The number of nitrogens with zero attached hydrogens (tertiary/aromatic N) is 4. The van der Waals surface area contributed by atoms with E-state index in [9.17, 15) is 13.2 Å². The van der Waals surface area contributed by atoms with Crippen molar-refractivity contribution >= 4 is 21.9 Å². The summed E-state index contributed by atoms with van der Waals surface area (Å²) in [7, 11) is -3.95. The van der Waals surface area contributed by atoms with E-state index in [2.05, 4.69) is 20.4 Å². The van der Waals surface area contributed by atoms with Crippen molar-refractivity contribution in [2.24, 2.45) is 11.1 Å². The minimum Gasteiger partial charge on any atom is -0.367 e. The Labute approximate surface area is 192 Å². The van der Waals surface area contributed by atoms with Crippen molar-refractivity contribution < 1.29 is 17.4 Å². The zero-order valence-electron chi connectivity index (χ0n) is 18.2. The fraction of sp³-hybridized carbons (Fsp3) is 0.364. The third kappa shape index (κ3) is 5.81. The first kappa shape index (κ1) is 23.0. The summed E-state index contributed by atoms with van der Waals surface area (Å²) in [6, 6.07) is 11.6. The lowest BCUT2D eigenvalue weighted by Crippen LogP contribution is -2.22. The largest absolute Gasteiger partial charge is 0.367 e. The molecule has 0 aliphatic heterocycles. The summed E-state index contributed by atoms with van der Waals surface area (Å²) in [6.07, 6.45) is 6.90. The Balaban J connectivity index is 1.45. The zero-order chi connectivity index (χ0) is 23.4. The standard InChI is InChI=1S/C22H26N6O4S/c1-15(17-5-3-2-4-6-17)28-10-9-20(27-28)21(29)19-12-24-14-25-22(19)26-18-8-7-16(11-18)13-32-33(23,30)31/h2-6,9-10,12,14-16,18H,7-8,11,13H2,1H3,(H2,23,30,31)(H,24,25,26). The number of nitrogens with two attached hydrogens (primary N) is 1. The van der Waals surface area contributed by atoms with Crippen molar-refractivity contribution in [3.8, 4) is 0 Å². The summed E-state index contributed by atoms with van der Waals surface area (Å²) < 4.78 is 28.5. The van der Waals surface area contributed by atoms with Crippen LogP contribution in [0.3, 0.4) is 0 Å². The van der Waals surface area contributed by atoms with Crippen LogP contribution in [0.4, 0.5) is 5.82 Å². The second-order valence-electron chi connectivity index (χ2n) is 8.18. The number of nitrogens with one attached hydrogen (secondary N) is 1. The lowest BCUT2D eigenvalue weighted by molar-refractivity contribution is 0.103. The molecule has 0 amide bonds. The van der Waals surface area contributed by atoms with Crippen LogP contribution in [0.5, 0.6) is 0 Å². The summed E-state index contributed by atoms with van der Waals surface area (Å²) in [5.74, 6) is 0.208. The molecule has 0 radical (unpaired) electrons. The molecular weight excluding hydrogens is 444 g/mol. The van der Waals surface area contributed by atoms with Crippen LogP contribution in [0.2, 0.25) is 0 Å². The van der Waals surface area contributed by atoms with E-state index >= 15 is 0 Å². The molecule has 1 aliphatic rings. The second kappa shape index (κ2) is 9.77. The van der Waals surface area contributed by atoms with Crippen LogP contribution < -0.4 is 10.5 Å². The minimum atomic E-state index is -3.95. The summed E-state index contributed by atoms with van der Waals surface area (Å²) in [6.45, 7) is 2.06. The van der Waals surface area contributed by atoms with E-state index in [4.69, 9.17) is 9.32 Å². The Bertz CT molecular complexity index is 1210. The van der Waals surface area contributed by atoms with Crippen molar-refractivity contribution in [1.29, 1.82) is 0 Å². The van der Waals surface area contributed by atoms with E-state index < -0.39 is 10.3 Å². The van der Waals surface area contributed by atoms with E-state index in [-0.39, 0.29) is 30.4 Å². The number of ketones is 1. The fourth-order valence-corrected chi connectivity index (χ4v) is 4.43. The maximum Gasteiger partial charge on any atom is 0.333 e. The van der Waals surface area contributed by atoms with Crippen molar-refractivity contribution in [3.05, 3.63) is 71.9 Å². The van der Waals surface area contributed by atoms with Gasteiger partial charge >= 0.3 is 10.3 Å². The number of hydrogen-bond donors (Lipinski definition) is 2. The second-order valence-corrected chi connectivity index (χ2v) is 9.40. The molecule has 1 aromatic carbocycles. The van der Waals surface area contributed by atoms with E-state index in [0.717, 1.165) is 18.4 Å². The van der Waals surface area contributed by atoms with E-state index in [1.54, 1.807) is 16.9 Å². The molecule has 0 spiro atoms. The first-order valence-electron chi connectivity index (χ1n) is 10.7. The molecule has 174 valence electrons. The molecule has 3 N–H and O–H groups in total. The number of benzene rings is 1. The molecule has 33 heavy (non-hydrogen) atoms. The molecule has 11 heteroatoms. The molecule has 3 atom stereocenters. The molecule has 3 unspecified atom stereocenters.